The quantitative estimate of drug-likeness (QED) is 0.527. The topological polar surface area (TPSA) is 78.4 Å². The lowest BCUT2D eigenvalue weighted by Gasteiger charge is -2.33. The number of amides is 1. The predicted molar refractivity (Wildman–Crippen MR) is 109 cm³/mol. The monoisotopic (exact) mass is 389 g/mol. The van der Waals surface area contributed by atoms with Gasteiger partial charge in [0.2, 0.25) is 12.7 Å². The second-order valence-electron chi connectivity index (χ2n) is 6.97. The molecule has 0 bridgehead atoms. The molecule has 1 aromatic rings. The lowest BCUT2D eigenvalue weighted by molar-refractivity contribution is -0.130. The zero-order valence-corrected chi connectivity index (χ0v) is 16.9. The third kappa shape index (κ3) is 5.76. The van der Waals surface area contributed by atoms with Gasteiger partial charge < -0.3 is 25.0 Å². The number of aliphatic imine (C=N–C) groups is 1. The zero-order valence-electron chi connectivity index (χ0n) is 16.9. The molecular formula is C20H31N5O3. The highest BCUT2D eigenvalue weighted by Crippen LogP contribution is 2.32. The van der Waals surface area contributed by atoms with Crippen LogP contribution in [0, 0.1) is 0 Å². The van der Waals surface area contributed by atoms with E-state index >= 15 is 0 Å². The summed E-state index contributed by atoms with van der Waals surface area (Å²) in [6.07, 6.45) is 0.883. The van der Waals surface area contributed by atoms with Crippen molar-refractivity contribution in [3.63, 3.8) is 0 Å². The highest BCUT2D eigenvalue weighted by molar-refractivity contribution is 5.79. The van der Waals surface area contributed by atoms with Crippen LogP contribution >= 0.6 is 0 Å². The Morgan fingerprint density at radius 1 is 1.14 bits per heavy atom. The number of nitrogens with zero attached hydrogens (tertiary/aromatic N) is 3. The number of guanidine groups is 1. The van der Waals surface area contributed by atoms with Crippen LogP contribution in [0.15, 0.2) is 23.2 Å². The maximum absolute atomic E-state index is 11.4. The van der Waals surface area contributed by atoms with E-state index in [0.29, 0.717) is 6.79 Å². The molecule has 0 aliphatic carbocycles. The Kier molecular flexibility index (Phi) is 7.36. The number of carbonyl (C=O) groups is 1. The van der Waals surface area contributed by atoms with E-state index in [0.717, 1.165) is 76.2 Å². The standard InChI is InChI=1S/C20H31N5O3/c1-3-21-20(23-8-9-24-10-12-25(13-11-24)16(2)26)22-7-6-17-4-5-18-19(14-17)28-15-27-18/h4-5,14H,3,6-13,15H2,1-2H3,(H2,21,22,23). The van der Waals surface area contributed by atoms with Gasteiger partial charge in [-0.2, -0.15) is 0 Å². The molecule has 2 aliphatic heterocycles. The minimum absolute atomic E-state index is 0.166. The first-order valence-corrected chi connectivity index (χ1v) is 10.0. The summed E-state index contributed by atoms with van der Waals surface area (Å²) in [6.45, 7) is 10.7. The van der Waals surface area contributed by atoms with Crippen molar-refractivity contribution in [3.05, 3.63) is 23.8 Å². The normalized spacial score (nSPS) is 16.9. The summed E-state index contributed by atoms with van der Waals surface area (Å²) in [7, 11) is 0. The molecule has 0 atom stereocenters. The SMILES string of the molecule is CCNC(=NCCN1CCN(C(C)=O)CC1)NCCc1ccc2c(c1)OCO2. The number of ether oxygens (including phenoxy) is 2. The summed E-state index contributed by atoms with van der Waals surface area (Å²) in [6, 6.07) is 6.07. The highest BCUT2D eigenvalue weighted by atomic mass is 16.7. The Labute approximate surface area is 166 Å². The molecule has 8 heteroatoms. The van der Waals surface area contributed by atoms with E-state index < -0.39 is 0 Å². The van der Waals surface area contributed by atoms with Crippen LogP contribution < -0.4 is 20.1 Å². The lowest BCUT2D eigenvalue weighted by atomic mass is 10.1. The van der Waals surface area contributed by atoms with E-state index in [1.54, 1.807) is 6.92 Å². The van der Waals surface area contributed by atoms with Crippen LogP contribution in [-0.4, -0.2) is 80.8 Å². The molecule has 1 saturated heterocycles. The number of hydrogen-bond donors (Lipinski definition) is 2. The Morgan fingerprint density at radius 3 is 2.68 bits per heavy atom. The van der Waals surface area contributed by atoms with Crippen molar-refractivity contribution in [1.82, 2.24) is 20.4 Å². The summed E-state index contributed by atoms with van der Waals surface area (Å²) in [5.41, 5.74) is 1.20. The fraction of sp³-hybridized carbons (Fsp3) is 0.600. The van der Waals surface area contributed by atoms with Gasteiger partial charge in [0.25, 0.3) is 0 Å². The van der Waals surface area contributed by atoms with Crippen molar-refractivity contribution >= 4 is 11.9 Å². The minimum Gasteiger partial charge on any atom is -0.454 e. The van der Waals surface area contributed by atoms with Gasteiger partial charge in [-0.05, 0) is 31.0 Å². The first-order valence-electron chi connectivity index (χ1n) is 10.0. The number of carbonyl (C=O) groups excluding carboxylic acids is 1. The van der Waals surface area contributed by atoms with Crippen LogP contribution in [0.3, 0.4) is 0 Å². The van der Waals surface area contributed by atoms with Crippen LogP contribution in [0.1, 0.15) is 19.4 Å². The minimum atomic E-state index is 0.166. The van der Waals surface area contributed by atoms with E-state index in [1.165, 1.54) is 5.56 Å². The van der Waals surface area contributed by atoms with E-state index in [9.17, 15) is 4.79 Å². The Balaban J connectivity index is 1.40. The van der Waals surface area contributed by atoms with Gasteiger partial charge in [0, 0.05) is 52.7 Å². The fourth-order valence-electron chi connectivity index (χ4n) is 3.35. The van der Waals surface area contributed by atoms with Gasteiger partial charge in [-0.1, -0.05) is 6.07 Å². The summed E-state index contributed by atoms with van der Waals surface area (Å²) in [4.78, 5) is 20.3. The summed E-state index contributed by atoms with van der Waals surface area (Å²) in [5.74, 6) is 2.64. The molecule has 0 aromatic heterocycles. The van der Waals surface area contributed by atoms with E-state index in [-0.39, 0.29) is 5.91 Å². The molecule has 1 aromatic carbocycles. The Bertz CT molecular complexity index is 686. The number of piperazine rings is 1. The predicted octanol–water partition coefficient (Wildman–Crippen LogP) is 0.677. The molecular weight excluding hydrogens is 358 g/mol. The number of hydrogen-bond acceptors (Lipinski definition) is 5. The van der Waals surface area contributed by atoms with Crippen molar-refractivity contribution in [2.24, 2.45) is 4.99 Å². The van der Waals surface area contributed by atoms with E-state index in [4.69, 9.17) is 9.47 Å². The van der Waals surface area contributed by atoms with Crippen molar-refractivity contribution in [1.29, 1.82) is 0 Å². The molecule has 2 N–H and O–H groups in total. The average Bonchev–Trinajstić information content (AvgIpc) is 3.16. The molecule has 8 nitrogen and oxygen atoms in total. The van der Waals surface area contributed by atoms with E-state index in [1.807, 2.05) is 17.0 Å². The highest BCUT2D eigenvalue weighted by Gasteiger charge is 2.18. The molecule has 0 unspecified atom stereocenters. The molecule has 0 radical (unpaired) electrons. The smallest absolute Gasteiger partial charge is 0.231 e. The van der Waals surface area contributed by atoms with Crippen LogP contribution in [0.4, 0.5) is 0 Å². The molecule has 154 valence electrons. The third-order valence-electron chi connectivity index (χ3n) is 4.99. The van der Waals surface area contributed by atoms with Crippen LogP contribution in [-0.2, 0) is 11.2 Å². The van der Waals surface area contributed by atoms with Crippen molar-refractivity contribution in [2.75, 3.05) is 59.2 Å². The van der Waals surface area contributed by atoms with Gasteiger partial charge in [-0.15, -0.1) is 0 Å². The van der Waals surface area contributed by atoms with Crippen LogP contribution in [0.25, 0.3) is 0 Å². The molecule has 0 saturated carbocycles. The van der Waals surface area contributed by atoms with Gasteiger partial charge in [-0.25, -0.2) is 0 Å². The Morgan fingerprint density at radius 2 is 1.93 bits per heavy atom. The number of benzene rings is 1. The maximum Gasteiger partial charge on any atom is 0.231 e. The zero-order chi connectivity index (χ0) is 19.8. The van der Waals surface area contributed by atoms with Gasteiger partial charge >= 0.3 is 0 Å². The molecule has 3 rings (SSSR count). The van der Waals surface area contributed by atoms with Crippen molar-refractivity contribution < 1.29 is 14.3 Å². The maximum atomic E-state index is 11.4. The molecule has 0 spiro atoms. The van der Waals surface area contributed by atoms with Gasteiger partial charge in [0.1, 0.15) is 0 Å². The Hall–Kier alpha value is -2.48. The second kappa shape index (κ2) is 10.2. The summed E-state index contributed by atoms with van der Waals surface area (Å²) >= 11 is 0. The molecule has 1 amide bonds. The number of fused-ring (bicyclic) bond motifs is 1. The second-order valence-corrected chi connectivity index (χ2v) is 6.97. The first-order chi connectivity index (χ1) is 13.7. The van der Waals surface area contributed by atoms with Gasteiger partial charge in [-0.3, -0.25) is 14.7 Å². The van der Waals surface area contributed by atoms with Gasteiger partial charge in [0.15, 0.2) is 17.5 Å². The molecule has 2 aliphatic rings. The number of rotatable bonds is 7. The van der Waals surface area contributed by atoms with Crippen LogP contribution in [0.5, 0.6) is 11.5 Å². The average molecular weight is 390 g/mol. The summed E-state index contributed by atoms with van der Waals surface area (Å²) < 4.78 is 10.8. The van der Waals surface area contributed by atoms with Crippen molar-refractivity contribution in [2.45, 2.75) is 20.3 Å². The van der Waals surface area contributed by atoms with Crippen LogP contribution in [0.2, 0.25) is 0 Å². The molecule has 28 heavy (non-hydrogen) atoms. The van der Waals surface area contributed by atoms with Crippen molar-refractivity contribution in [3.8, 4) is 11.5 Å². The largest absolute Gasteiger partial charge is 0.454 e. The third-order valence-corrected chi connectivity index (χ3v) is 4.99. The molecule has 1 fully saturated rings. The number of nitrogens with one attached hydrogen (secondary N) is 2. The lowest BCUT2D eigenvalue weighted by Crippen LogP contribution is -2.48. The first kappa shape index (κ1) is 20.3. The summed E-state index contributed by atoms with van der Waals surface area (Å²) in [5, 5.41) is 6.69. The molecule has 2 heterocycles. The van der Waals surface area contributed by atoms with E-state index in [2.05, 4.69) is 33.5 Å². The fourth-order valence-corrected chi connectivity index (χ4v) is 3.35. The van der Waals surface area contributed by atoms with Gasteiger partial charge in [0.05, 0.1) is 6.54 Å².